The Hall–Kier alpha value is -0.910. The summed E-state index contributed by atoms with van der Waals surface area (Å²) in [4.78, 5) is 15.1. The fraction of sp³-hybridized carbons (Fsp3) is 0.583. The molecule has 94 valence electrons. The van der Waals surface area contributed by atoms with Crippen molar-refractivity contribution in [3.63, 3.8) is 0 Å². The third-order valence-corrected chi connectivity index (χ3v) is 4.18. The molecule has 0 aliphatic carbocycles. The lowest BCUT2D eigenvalue weighted by Crippen LogP contribution is -2.57. The number of carbonyl (C=O) groups excluding carboxylic acids is 1. The summed E-state index contributed by atoms with van der Waals surface area (Å²) < 4.78 is 0. The number of amides is 1. The van der Waals surface area contributed by atoms with Crippen LogP contribution < -0.4 is 10.6 Å². The number of rotatable bonds is 5. The fourth-order valence-corrected chi connectivity index (χ4v) is 2.57. The Bertz CT molecular complexity index is 362. The second kappa shape index (κ2) is 5.62. The summed E-state index contributed by atoms with van der Waals surface area (Å²) in [5.41, 5.74) is 0. The molecule has 1 saturated heterocycles. The molecule has 0 saturated carbocycles. The molecular weight excluding hydrogens is 234 g/mol. The van der Waals surface area contributed by atoms with Gasteiger partial charge in [0.15, 0.2) is 0 Å². The molecule has 1 aromatic rings. The number of hydrogen-bond acceptors (Lipinski definition) is 4. The zero-order chi connectivity index (χ0) is 12.3. The number of likely N-dealkylation sites (N-methyl/N-ethyl adjacent to an activating group) is 1. The minimum Gasteiger partial charge on any atom is -0.348 e. The summed E-state index contributed by atoms with van der Waals surface area (Å²) >= 11 is 1.68. The highest BCUT2D eigenvalue weighted by molar-refractivity contribution is 7.10. The third-order valence-electron chi connectivity index (χ3n) is 3.12. The Morgan fingerprint density at radius 1 is 1.71 bits per heavy atom. The minimum atomic E-state index is 0.0975. The summed E-state index contributed by atoms with van der Waals surface area (Å²) in [7, 11) is 2.00. The van der Waals surface area contributed by atoms with Gasteiger partial charge in [-0.1, -0.05) is 6.07 Å². The van der Waals surface area contributed by atoms with Crippen molar-refractivity contribution in [2.45, 2.75) is 19.0 Å². The molecular formula is C12H19N3OS. The molecule has 1 fully saturated rings. The Labute approximate surface area is 106 Å². The van der Waals surface area contributed by atoms with E-state index >= 15 is 0 Å². The second-order valence-corrected chi connectivity index (χ2v) is 5.51. The van der Waals surface area contributed by atoms with Gasteiger partial charge in [-0.25, -0.2) is 0 Å². The molecule has 1 aliphatic heterocycles. The highest BCUT2D eigenvalue weighted by Crippen LogP contribution is 2.17. The maximum absolute atomic E-state index is 11.8. The standard InChI is InChI=1S/C12H19N3OS/c1-9(11-4-3-5-17-11)14-12(16)8-15(2)10-6-13-7-10/h3-5,9-10,13H,6-8H2,1-2H3,(H,14,16). The van der Waals surface area contributed by atoms with Crippen molar-refractivity contribution in [1.29, 1.82) is 0 Å². The van der Waals surface area contributed by atoms with E-state index in [-0.39, 0.29) is 11.9 Å². The summed E-state index contributed by atoms with van der Waals surface area (Å²) in [6.07, 6.45) is 0. The van der Waals surface area contributed by atoms with Crippen LogP contribution in [0.25, 0.3) is 0 Å². The normalized spacial score (nSPS) is 17.8. The maximum atomic E-state index is 11.8. The summed E-state index contributed by atoms with van der Waals surface area (Å²) in [6, 6.07) is 4.68. The second-order valence-electron chi connectivity index (χ2n) is 4.53. The number of nitrogens with one attached hydrogen (secondary N) is 2. The van der Waals surface area contributed by atoms with Crippen molar-refractivity contribution in [3.8, 4) is 0 Å². The van der Waals surface area contributed by atoms with E-state index in [1.165, 1.54) is 4.88 Å². The highest BCUT2D eigenvalue weighted by Gasteiger charge is 2.23. The van der Waals surface area contributed by atoms with Crippen LogP contribution >= 0.6 is 11.3 Å². The van der Waals surface area contributed by atoms with Crippen molar-refractivity contribution in [2.24, 2.45) is 0 Å². The highest BCUT2D eigenvalue weighted by atomic mass is 32.1. The van der Waals surface area contributed by atoms with E-state index in [9.17, 15) is 4.79 Å². The Balaban J connectivity index is 1.76. The van der Waals surface area contributed by atoms with Gasteiger partial charge in [-0.3, -0.25) is 9.69 Å². The van der Waals surface area contributed by atoms with Gasteiger partial charge in [0.1, 0.15) is 0 Å². The van der Waals surface area contributed by atoms with E-state index in [1.807, 2.05) is 25.4 Å². The summed E-state index contributed by atoms with van der Waals surface area (Å²) in [6.45, 7) is 4.48. The smallest absolute Gasteiger partial charge is 0.234 e. The lowest BCUT2D eigenvalue weighted by atomic mass is 10.1. The number of hydrogen-bond donors (Lipinski definition) is 2. The Morgan fingerprint density at radius 3 is 3.00 bits per heavy atom. The van der Waals surface area contributed by atoms with Gasteiger partial charge in [0.2, 0.25) is 5.91 Å². The quantitative estimate of drug-likeness (QED) is 0.817. The third kappa shape index (κ3) is 3.28. The zero-order valence-corrected chi connectivity index (χ0v) is 11.1. The van der Waals surface area contributed by atoms with Crippen LogP contribution in [0.5, 0.6) is 0 Å². The van der Waals surface area contributed by atoms with Gasteiger partial charge in [0, 0.05) is 24.0 Å². The van der Waals surface area contributed by atoms with Crippen LogP contribution in [-0.2, 0) is 4.79 Å². The molecule has 4 nitrogen and oxygen atoms in total. The first-order valence-electron chi connectivity index (χ1n) is 5.90. The van der Waals surface area contributed by atoms with Crippen LogP contribution in [-0.4, -0.2) is 43.5 Å². The zero-order valence-electron chi connectivity index (χ0n) is 10.3. The molecule has 1 atom stereocenters. The lowest BCUT2D eigenvalue weighted by Gasteiger charge is -2.35. The Morgan fingerprint density at radius 2 is 2.47 bits per heavy atom. The first-order valence-corrected chi connectivity index (χ1v) is 6.78. The lowest BCUT2D eigenvalue weighted by molar-refractivity contribution is -0.123. The molecule has 2 N–H and O–H groups in total. The molecule has 1 unspecified atom stereocenters. The molecule has 5 heteroatoms. The number of thiophene rings is 1. The first-order chi connectivity index (χ1) is 8.16. The van der Waals surface area contributed by atoms with Crippen LogP contribution in [0.4, 0.5) is 0 Å². The largest absolute Gasteiger partial charge is 0.348 e. The maximum Gasteiger partial charge on any atom is 0.234 e. The molecule has 0 aromatic carbocycles. The van der Waals surface area contributed by atoms with Crippen molar-refractivity contribution < 1.29 is 4.79 Å². The molecule has 0 radical (unpaired) electrons. The van der Waals surface area contributed by atoms with Crippen LogP contribution in [0.2, 0.25) is 0 Å². The van der Waals surface area contributed by atoms with Gasteiger partial charge < -0.3 is 10.6 Å². The predicted molar refractivity (Wildman–Crippen MR) is 70.2 cm³/mol. The molecule has 17 heavy (non-hydrogen) atoms. The molecule has 1 amide bonds. The number of carbonyl (C=O) groups is 1. The predicted octanol–water partition coefficient (Wildman–Crippen LogP) is 0.829. The van der Waals surface area contributed by atoms with E-state index < -0.39 is 0 Å². The molecule has 1 aliphatic rings. The van der Waals surface area contributed by atoms with Gasteiger partial charge in [0.25, 0.3) is 0 Å². The number of nitrogens with zero attached hydrogens (tertiary/aromatic N) is 1. The first kappa shape index (κ1) is 12.5. The van der Waals surface area contributed by atoms with Gasteiger partial charge in [-0.15, -0.1) is 11.3 Å². The molecule has 2 heterocycles. The van der Waals surface area contributed by atoms with E-state index in [1.54, 1.807) is 11.3 Å². The summed E-state index contributed by atoms with van der Waals surface area (Å²) in [5.74, 6) is 0.0975. The topological polar surface area (TPSA) is 44.4 Å². The Kier molecular flexibility index (Phi) is 4.15. The van der Waals surface area contributed by atoms with Crippen LogP contribution in [0, 0.1) is 0 Å². The van der Waals surface area contributed by atoms with Gasteiger partial charge >= 0.3 is 0 Å². The van der Waals surface area contributed by atoms with Gasteiger partial charge in [-0.05, 0) is 25.4 Å². The summed E-state index contributed by atoms with van der Waals surface area (Å²) in [5, 5.41) is 8.26. The molecule has 0 bridgehead atoms. The van der Waals surface area contributed by atoms with Crippen molar-refractivity contribution in [2.75, 3.05) is 26.7 Å². The van der Waals surface area contributed by atoms with Crippen LogP contribution in [0.15, 0.2) is 17.5 Å². The monoisotopic (exact) mass is 253 g/mol. The average Bonchev–Trinajstić information content (AvgIpc) is 2.66. The van der Waals surface area contributed by atoms with Gasteiger partial charge in [0.05, 0.1) is 12.6 Å². The van der Waals surface area contributed by atoms with Crippen molar-refractivity contribution >= 4 is 17.2 Å². The van der Waals surface area contributed by atoms with E-state index in [0.717, 1.165) is 13.1 Å². The molecule has 0 spiro atoms. The average molecular weight is 253 g/mol. The minimum absolute atomic E-state index is 0.0975. The molecule has 2 rings (SSSR count). The van der Waals surface area contributed by atoms with Crippen molar-refractivity contribution in [1.82, 2.24) is 15.5 Å². The van der Waals surface area contributed by atoms with Gasteiger partial charge in [-0.2, -0.15) is 0 Å². The van der Waals surface area contributed by atoms with E-state index in [4.69, 9.17) is 0 Å². The van der Waals surface area contributed by atoms with Crippen molar-refractivity contribution in [3.05, 3.63) is 22.4 Å². The molecule has 1 aromatic heterocycles. The fourth-order valence-electron chi connectivity index (χ4n) is 1.84. The van der Waals surface area contributed by atoms with Crippen LogP contribution in [0.3, 0.4) is 0 Å². The van der Waals surface area contributed by atoms with E-state index in [2.05, 4.69) is 21.6 Å². The van der Waals surface area contributed by atoms with E-state index in [0.29, 0.717) is 12.6 Å². The van der Waals surface area contributed by atoms with Crippen LogP contribution in [0.1, 0.15) is 17.8 Å². The SMILES string of the molecule is CC(NC(=O)CN(C)C1CNC1)c1cccs1.